The number of benzene rings is 1. The molecule has 3 aliphatic heterocycles. The second kappa shape index (κ2) is 9.67. The lowest BCUT2D eigenvalue weighted by molar-refractivity contribution is -0.152. The summed E-state index contributed by atoms with van der Waals surface area (Å²) in [5, 5.41) is 12.5. The normalized spacial score (nSPS) is 23.0. The van der Waals surface area contributed by atoms with Crippen LogP contribution in [0.3, 0.4) is 0 Å². The molecule has 0 aromatic heterocycles. The highest BCUT2D eigenvalue weighted by Crippen LogP contribution is 2.26. The van der Waals surface area contributed by atoms with Gasteiger partial charge in [-0.3, -0.25) is 14.5 Å². The van der Waals surface area contributed by atoms with Gasteiger partial charge in [-0.25, -0.2) is 14.4 Å². The topological polar surface area (TPSA) is 140 Å². The highest BCUT2D eigenvalue weighted by atomic mass is 16.7. The molecular formula is C22H27N5O7. The molecule has 0 bridgehead atoms. The first kappa shape index (κ1) is 23.5. The summed E-state index contributed by atoms with van der Waals surface area (Å²) in [6.07, 6.45) is -0.0552. The Morgan fingerprint density at radius 2 is 1.79 bits per heavy atom. The van der Waals surface area contributed by atoms with E-state index in [-0.39, 0.29) is 38.0 Å². The molecule has 0 radical (unpaired) electrons. The van der Waals surface area contributed by atoms with Crippen LogP contribution in [0.2, 0.25) is 0 Å². The Kier molecular flexibility index (Phi) is 6.68. The number of carboxylic acid groups (broad SMARTS) is 1. The average molecular weight is 473 g/mol. The number of carbonyl (C=O) groups excluding carboxylic acids is 4. The number of nitrogens with zero attached hydrogens (tertiary/aromatic N) is 4. The monoisotopic (exact) mass is 473 g/mol. The van der Waals surface area contributed by atoms with E-state index in [1.54, 1.807) is 4.90 Å². The maximum Gasteiger partial charge on any atom is 0.434 e. The molecule has 0 saturated carbocycles. The van der Waals surface area contributed by atoms with Crippen LogP contribution in [-0.2, 0) is 19.2 Å². The summed E-state index contributed by atoms with van der Waals surface area (Å²) < 4.78 is 0. The smallest absolute Gasteiger partial charge is 0.434 e. The van der Waals surface area contributed by atoms with Crippen LogP contribution in [0.15, 0.2) is 30.3 Å². The number of rotatable bonds is 5. The molecule has 0 aliphatic carbocycles. The van der Waals surface area contributed by atoms with E-state index in [1.165, 1.54) is 4.90 Å². The van der Waals surface area contributed by atoms with Gasteiger partial charge in [0.25, 0.3) is 5.91 Å². The first-order valence-electron chi connectivity index (χ1n) is 11.3. The minimum atomic E-state index is -1.25. The quantitative estimate of drug-likeness (QED) is 0.589. The van der Waals surface area contributed by atoms with Crippen molar-refractivity contribution >= 4 is 35.6 Å². The summed E-state index contributed by atoms with van der Waals surface area (Å²) >= 11 is 0. The van der Waals surface area contributed by atoms with Gasteiger partial charge in [0, 0.05) is 44.3 Å². The van der Waals surface area contributed by atoms with Crippen LogP contribution in [0, 0.1) is 5.92 Å². The van der Waals surface area contributed by atoms with E-state index in [9.17, 15) is 29.1 Å². The number of likely N-dealkylation sites (tertiary alicyclic amines) is 1. The number of carbonyl (C=O) groups is 5. The fourth-order valence-electron chi connectivity index (χ4n) is 4.61. The summed E-state index contributed by atoms with van der Waals surface area (Å²) in [6, 6.07) is 6.11. The standard InChI is InChI=1S/C22H27N5O7/c1-2-25(15-6-4-3-5-7-15)18(28)14-8-10-24(11-9-14)22(33)34-27-19(29)16-12-23-13-17(20(30)31)26(16)21(27)32/h3-7,14,16-17,23H,2,8-13H2,1H3,(H,30,31). The Bertz CT molecular complexity index is 979. The number of aliphatic carboxylic acids is 1. The number of carboxylic acids is 1. The van der Waals surface area contributed by atoms with Gasteiger partial charge >= 0.3 is 18.1 Å². The van der Waals surface area contributed by atoms with E-state index >= 15 is 0 Å². The number of piperidine rings is 1. The third-order valence-electron chi connectivity index (χ3n) is 6.43. The summed E-state index contributed by atoms with van der Waals surface area (Å²) in [7, 11) is 0. The fourth-order valence-corrected chi connectivity index (χ4v) is 4.61. The van der Waals surface area contributed by atoms with Crippen molar-refractivity contribution in [3.63, 3.8) is 0 Å². The predicted octanol–water partition coefficient (Wildman–Crippen LogP) is 0.492. The third kappa shape index (κ3) is 4.28. The van der Waals surface area contributed by atoms with Gasteiger partial charge in [-0.15, -0.1) is 0 Å². The van der Waals surface area contributed by atoms with Gasteiger partial charge in [-0.05, 0) is 31.9 Å². The van der Waals surface area contributed by atoms with Crippen LogP contribution in [0.25, 0.3) is 0 Å². The maximum absolute atomic E-state index is 13.0. The first-order chi connectivity index (χ1) is 16.3. The van der Waals surface area contributed by atoms with Crippen molar-refractivity contribution in [3.8, 4) is 0 Å². The number of fused-ring (bicyclic) bond motifs is 1. The summed E-state index contributed by atoms with van der Waals surface area (Å²) in [5.74, 6) is -2.33. The lowest BCUT2D eigenvalue weighted by atomic mass is 9.95. The molecule has 2 N–H and O–H groups in total. The number of hydrogen-bond acceptors (Lipinski definition) is 7. The molecule has 182 valence electrons. The van der Waals surface area contributed by atoms with Gasteiger partial charge in [-0.2, -0.15) is 0 Å². The van der Waals surface area contributed by atoms with Crippen LogP contribution in [0.5, 0.6) is 0 Å². The Labute approximate surface area is 196 Å². The molecule has 12 nitrogen and oxygen atoms in total. The van der Waals surface area contributed by atoms with E-state index in [0.29, 0.717) is 24.4 Å². The highest BCUT2D eigenvalue weighted by molar-refractivity contribution is 6.05. The molecule has 3 heterocycles. The number of nitrogens with one attached hydrogen (secondary N) is 1. The molecule has 3 aliphatic rings. The number of hydroxylamine groups is 2. The lowest BCUT2D eigenvalue weighted by Crippen LogP contribution is -2.60. The molecule has 0 spiro atoms. The molecular weight excluding hydrogens is 446 g/mol. The molecule has 3 saturated heterocycles. The molecule has 3 fully saturated rings. The molecule has 4 rings (SSSR count). The summed E-state index contributed by atoms with van der Waals surface area (Å²) in [6.45, 7) is 2.94. The Hall–Kier alpha value is -3.67. The fraction of sp³-hybridized carbons (Fsp3) is 0.500. The van der Waals surface area contributed by atoms with Crippen molar-refractivity contribution in [3.05, 3.63) is 30.3 Å². The van der Waals surface area contributed by atoms with Crippen molar-refractivity contribution in [1.29, 1.82) is 0 Å². The number of amides is 5. The van der Waals surface area contributed by atoms with Crippen molar-refractivity contribution < 1.29 is 33.9 Å². The molecule has 34 heavy (non-hydrogen) atoms. The van der Waals surface area contributed by atoms with Gasteiger partial charge in [0.05, 0.1) is 0 Å². The van der Waals surface area contributed by atoms with Crippen molar-refractivity contribution in [1.82, 2.24) is 20.2 Å². The zero-order valence-electron chi connectivity index (χ0n) is 18.8. The number of anilines is 1. The van der Waals surface area contributed by atoms with Gasteiger partial charge in [-0.1, -0.05) is 23.3 Å². The van der Waals surface area contributed by atoms with Crippen molar-refractivity contribution in [2.24, 2.45) is 5.92 Å². The van der Waals surface area contributed by atoms with E-state index in [2.05, 4.69) is 5.32 Å². The van der Waals surface area contributed by atoms with Crippen molar-refractivity contribution in [2.75, 3.05) is 37.6 Å². The van der Waals surface area contributed by atoms with E-state index in [1.807, 2.05) is 37.3 Å². The molecule has 1 aromatic rings. The first-order valence-corrected chi connectivity index (χ1v) is 11.3. The van der Waals surface area contributed by atoms with Crippen molar-refractivity contribution in [2.45, 2.75) is 31.8 Å². The number of para-hydroxylation sites is 1. The molecule has 12 heteroatoms. The largest absolute Gasteiger partial charge is 0.480 e. The summed E-state index contributed by atoms with van der Waals surface area (Å²) in [5.41, 5.74) is 0.813. The van der Waals surface area contributed by atoms with Gasteiger partial charge in [0.2, 0.25) is 5.91 Å². The maximum atomic E-state index is 13.0. The number of urea groups is 1. The van der Waals surface area contributed by atoms with Crippen LogP contribution in [0.1, 0.15) is 19.8 Å². The zero-order valence-corrected chi connectivity index (χ0v) is 18.8. The molecule has 2 unspecified atom stereocenters. The number of hydrogen-bond donors (Lipinski definition) is 2. The van der Waals surface area contributed by atoms with Gasteiger partial charge in [0.15, 0.2) is 0 Å². The molecule has 2 atom stereocenters. The Morgan fingerprint density at radius 1 is 1.12 bits per heavy atom. The van der Waals surface area contributed by atoms with Crippen LogP contribution >= 0.6 is 0 Å². The Balaban J connectivity index is 1.35. The van der Waals surface area contributed by atoms with Crippen LogP contribution in [0.4, 0.5) is 15.3 Å². The predicted molar refractivity (Wildman–Crippen MR) is 117 cm³/mol. The number of imide groups is 1. The zero-order chi connectivity index (χ0) is 24.4. The van der Waals surface area contributed by atoms with E-state index in [4.69, 9.17) is 4.84 Å². The summed E-state index contributed by atoms with van der Waals surface area (Å²) in [4.78, 5) is 71.5. The van der Waals surface area contributed by atoms with Gasteiger partial charge < -0.3 is 25.1 Å². The second-order valence-corrected chi connectivity index (χ2v) is 8.39. The van der Waals surface area contributed by atoms with Gasteiger partial charge in [0.1, 0.15) is 12.1 Å². The van der Waals surface area contributed by atoms with E-state index in [0.717, 1.165) is 10.6 Å². The average Bonchev–Trinajstić information content (AvgIpc) is 3.10. The van der Waals surface area contributed by atoms with Crippen LogP contribution in [-0.4, -0.2) is 94.7 Å². The minimum absolute atomic E-state index is 0.00800. The highest BCUT2D eigenvalue weighted by Gasteiger charge is 2.54. The second-order valence-electron chi connectivity index (χ2n) is 8.39. The number of piperazine rings is 1. The third-order valence-corrected chi connectivity index (χ3v) is 6.43. The lowest BCUT2D eigenvalue weighted by Gasteiger charge is -2.33. The Morgan fingerprint density at radius 3 is 2.41 bits per heavy atom. The minimum Gasteiger partial charge on any atom is -0.480 e. The van der Waals surface area contributed by atoms with E-state index < -0.39 is 36.1 Å². The SMILES string of the molecule is CCN(C(=O)C1CCN(C(=O)ON2C(=O)C3CNCC(C(=O)O)N3C2=O)CC1)c1ccccc1. The molecule has 1 aromatic carbocycles. The molecule has 5 amide bonds. The van der Waals surface area contributed by atoms with Crippen LogP contribution < -0.4 is 10.2 Å².